The van der Waals surface area contributed by atoms with E-state index in [4.69, 9.17) is 9.26 Å². The lowest BCUT2D eigenvalue weighted by molar-refractivity contribution is 0.0906. The van der Waals surface area contributed by atoms with Crippen LogP contribution in [0.2, 0.25) is 0 Å². The molecule has 1 atom stereocenters. The van der Waals surface area contributed by atoms with Gasteiger partial charge in [-0.15, -0.1) is 24.0 Å². The molecule has 0 saturated carbocycles. The van der Waals surface area contributed by atoms with Crippen molar-refractivity contribution in [3.05, 3.63) is 53.4 Å². The smallest absolute Gasteiger partial charge is 0.194 e. The van der Waals surface area contributed by atoms with Crippen LogP contribution in [0.4, 0.5) is 0 Å². The summed E-state index contributed by atoms with van der Waals surface area (Å²) in [6.07, 6.45) is 3.29. The summed E-state index contributed by atoms with van der Waals surface area (Å²) < 4.78 is 11.4. The fourth-order valence-corrected chi connectivity index (χ4v) is 3.89. The van der Waals surface area contributed by atoms with E-state index >= 15 is 0 Å². The zero-order chi connectivity index (χ0) is 20.5. The number of aromatic nitrogens is 1. The number of hydrogen-bond donors (Lipinski definition) is 1. The number of hydrogen-bond acceptors (Lipinski definition) is 4. The molecule has 1 saturated heterocycles. The van der Waals surface area contributed by atoms with Gasteiger partial charge in [-0.1, -0.05) is 49.3 Å². The first-order chi connectivity index (χ1) is 14.2. The first kappa shape index (κ1) is 24.7. The van der Waals surface area contributed by atoms with E-state index < -0.39 is 0 Å². The van der Waals surface area contributed by atoms with Crippen molar-refractivity contribution >= 4 is 29.9 Å². The first-order valence-corrected chi connectivity index (χ1v) is 10.8. The minimum Gasteiger partial charge on any atom is -0.376 e. The van der Waals surface area contributed by atoms with Gasteiger partial charge in [0.2, 0.25) is 0 Å². The number of benzene rings is 1. The zero-order valence-corrected chi connectivity index (χ0v) is 20.7. The van der Waals surface area contributed by atoms with E-state index in [0.717, 1.165) is 56.4 Å². The molecule has 166 valence electrons. The molecule has 0 spiro atoms. The van der Waals surface area contributed by atoms with Gasteiger partial charge in [0.1, 0.15) is 0 Å². The highest BCUT2D eigenvalue weighted by molar-refractivity contribution is 14.0. The van der Waals surface area contributed by atoms with E-state index in [2.05, 4.69) is 52.4 Å². The van der Waals surface area contributed by atoms with Gasteiger partial charge in [0.15, 0.2) is 11.7 Å². The topological polar surface area (TPSA) is 62.9 Å². The standard InChI is InChI=1S/C23H34N4O2.HI/c1-4-20(5-2)22-13-21(29-26-22)14-25-23(24-3)27-12-11-19(15-27)17-28-16-18-9-7-6-8-10-18;/h6-10,13,19-20H,4-5,11-12,14-17H2,1-3H3,(H,24,25);1H. The second kappa shape index (κ2) is 12.9. The Kier molecular flexibility index (Phi) is 10.6. The molecular weight excluding hydrogens is 491 g/mol. The van der Waals surface area contributed by atoms with Gasteiger partial charge in [-0.3, -0.25) is 4.99 Å². The molecule has 1 aromatic carbocycles. The van der Waals surface area contributed by atoms with Gasteiger partial charge in [0.05, 0.1) is 25.5 Å². The van der Waals surface area contributed by atoms with E-state index in [-0.39, 0.29) is 24.0 Å². The third-order valence-electron chi connectivity index (χ3n) is 5.66. The molecule has 0 bridgehead atoms. The molecule has 1 fully saturated rings. The number of halogens is 1. The maximum Gasteiger partial charge on any atom is 0.194 e. The van der Waals surface area contributed by atoms with Gasteiger partial charge in [0.25, 0.3) is 0 Å². The molecule has 1 aliphatic heterocycles. The molecule has 0 radical (unpaired) electrons. The Bertz CT molecular complexity index is 762. The average Bonchev–Trinajstić information content (AvgIpc) is 3.41. The summed E-state index contributed by atoms with van der Waals surface area (Å²) in [5.74, 6) is 2.78. The van der Waals surface area contributed by atoms with E-state index in [0.29, 0.717) is 25.0 Å². The summed E-state index contributed by atoms with van der Waals surface area (Å²) in [7, 11) is 1.83. The maximum atomic E-state index is 5.93. The van der Waals surface area contributed by atoms with Crippen molar-refractivity contribution in [1.29, 1.82) is 0 Å². The van der Waals surface area contributed by atoms with Crippen LogP contribution in [0.15, 0.2) is 45.9 Å². The molecule has 7 heteroatoms. The van der Waals surface area contributed by atoms with Crippen molar-refractivity contribution in [2.24, 2.45) is 10.9 Å². The number of aliphatic imine (C=N–C) groups is 1. The summed E-state index contributed by atoms with van der Waals surface area (Å²) in [4.78, 5) is 6.75. The van der Waals surface area contributed by atoms with Crippen LogP contribution in [0.25, 0.3) is 0 Å². The lowest BCUT2D eigenvalue weighted by Crippen LogP contribution is -2.39. The highest BCUT2D eigenvalue weighted by Gasteiger charge is 2.25. The molecular formula is C23H35IN4O2. The molecule has 1 unspecified atom stereocenters. The minimum absolute atomic E-state index is 0. The van der Waals surface area contributed by atoms with Crippen LogP contribution in [0.1, 0.15) is 56.0 Å². The highest BCUT2D eigenvalue weighted by Crippen LogP contribution is 2.22. The summed E-state index contributed by atoms with van der Waals surface area (Å²) in [6, 6.07) is 12.4. The minimum atomic E-state index is 0. The molecule has 1 aromatic heterocycles. The maximum absolute atomic E-state index is 5.93. The number of ether oxygens (including phenoxy) is 1. The fourth-order valence-electron chi connectivity index (χ4n) is 3.89. The van der Waals surface area contributed by atoms with Gasteiger partial charge in [-0.2, -0.15) is 0 Å². The van der Waals surface area contributed by atoms with Crippen molar-refractivity contribution in [1.82, 2.24) is 15.4 Å². The van der Waals surface area contributed by atoms with Crippen molar-refractivity contribution in [3.63, 3.8) is 0 Å². The predicted octanol–water partition coefficient (Wildman–Crippen LogP) is 4.81. The van der Waals surface area contributed by atoms with Crippen molar-refractivity contribution in [2.75, 3.05) is 26.7 Å². The van der Waals surface area contributed by atoms with Gasteiger partial charge >= 0.3 is 0 Å². The van der Waals surface area contributed by atoms with Crippen molar-refractivity contribution < 1.29 is 9.26 Å². The SMILES string of the molecule is CCC(CC)c1cc(CNC(=NC)N2CCC(COCc3ccccc3)C2)on1.I. The Morgan fingerprint density at radius 2 is 2.07 bits per heavy atom. The van der Waals surface area contributed by atoms with Crippen LogP contribution in [-0.2, 0) is 17.9 Å². The number of rotatable bonds is 9. The van der Waals surface area contributed by atoms with Gasteiger partial charge in [0, 0.05) is 38.0 Å². The third-order valence-corrected chi connectivity index (χ3v) is 5.66. The largest absolute Gasteiger partial charge is 0.376 e. The number of nitrogens with zero attached hydrogens (tertiary/aromatic N) is 3. The highest BCUT2D eigenvalue weighted by atomic mass is 127. The average molecular weight is 526 g/mol. The summed E-state index contributed by atoms with van der Waals surface area (Å²) >= 11 is 0. The summed E-state index contributed by atoms with van der Waals surface area (Å²) in [6.45, 7) is 8.40. The van der Waals surface area contributed by atoms with E-state index in [9.17, 15) is 0 Å². The van der Waals surface area contributed by atoms with Crippen molar-refractivity contribution in [2.45, 2.75) is 52.2 Å². The Morgan fingerprint density at radius 3 is 2.77 bits per heavy atom. The van der Waals surface area contributed by atoms with Crippen LogP contribution in [0, 0.1) is 5.92 Å². The first-order valence-electron chi connectivity index (χ1n) is 10.8. The molecule has 0 aliphatic carbocycles. The Balaban J connectivity index is 0.00000320. The Hall–Kier alpha value is -1.61. The summed E-state index contributed by atoms with van der Waals surface area (Å²) in [5.41, 5.74) is 2.28. The van der Waals surface area contributed by atoms with Crippen LogP contribution >= 0.6 is 24.0 Å². The molecule has 3 rings (SSSR count). The van der Waals surface area contributed by atoms with Crippen LogP contribution in [0.3, 0.4) is 0 Å². The molecule has 2 aromatic rings. The zero-order valence-electron chi connectivity index (χ0n) is 18.3. The van der Waals surface area contributed by atoms with Crippen LogP contribution in [-0.4, -0.2) is 42.8 Å². The van der Waals surface area contributed by atoms with Gasteiger partial charge in [-0.05, 0) is 24.8 Å². The monoisotopic (exact) mass is 526 g/mol. The van der Waals surface area contributed by atoms with E-state index in [1.54, 1.807) is 0 Å². The molecule has 6 nitrogen and oxygen atoms in total. The molecule has 30 heavy (non-hydrogen) atoms. The molecule has 1 aliphatic rings. The van der Waals surface area contributed by atoms with Crippen molar-refractivity contribution in [3.8, 4) is 0 Å². The van der Waals surface area contributed by atoms with Crippen LogP contribution in [0.5, 0.6) is 0 Å². The lowest BCUT2D eigenvalue weighted by Gasteiger charge is -2.21. The van der Waals surface area contributed by atoms with Gasteiger partial charge < -0.3 is 19.5 Å². The predicted molar refractivity (Wildman–Crippen MR) is 131 cm³/mol. The fraction of sp³-hybridized carbons (Fsp3) is 0.565. The van der Waals surface area contributed by atoms with E-state index in [1.807, 2.05) is 25.2 Å². The second-order valence-electron chi connectivity index (χ2n) is 7.73. The van der Waals surface area contributed by atoms with Crippen LogP contribution < -0.4 is 5.32 Å². The lowest BCUT2D eigenvalue weighted by atomic mass is 9.99. The van der Waals surface area contributed by atoms with Gasteiger partial charge in [-0.25, -0.2) is 0 Å². The van der Waals surface area contributed by atoms with E-state index in [1.165, 1.54) is 5.56 Å². The number of likely N-dealkylation sites (tertiary alicyclic amines) is 1. The molecule has 2 heterocycles. The normalized spacial score (nSPS) is 16.7. The molecule has 1 N–H and O–H groups in total. The Labute approximate surface area is 197 Å². The Morgan fingerprint density at radius 1 is 1.30 bits per heavy atom. The summed E-state index contributed by atoms with van der Waals surface area (Å²) in [5, 5.41) is 7.67. The second-order valence-corrected chi connectivity index (χ2v) is 7.73. The molecule has 0 amide bonds. The number of nitrogens with one attached hydrogen (secondary N) is 1. The number of guanidine groups is 1. The quantitative estimate of drug-likeness (QED) is 0.289. The third kappa shape index (κ3) is 6.97.